The van der Waals surface area contributed by atoms with Gasteiger partial charge in [-0.1, -0.05) is 0 Å². The molecule has 20 heavy (non-hydrogen) atoms. The second-order valence-corrected chi connectivity index (χ2v) is 3.65. The molecule has 0 aliphatic rings. The second-order valence-electron chi connectivity index (χ2n) is 3.65. The molecule has 0 atom stereocenters. The Labute approximate surface area is 109 Å². The largest absolute Gasteiger partial charge is 0.475 e. The standard InChI is InChI=1S/C12H6F3NO4/c13-5-1-2-6(10(15)9(5)14)16-11(17)7-3-4-8(20-7)12(18)19/h1-4H,(H,16,17)(H,18,19). The number of benzene rings is 1. The van der Waals surface area contributed by atoms with Crippen molar-refractivity contribution in [3.63, 3.8) is 0 Å². The Morgan fingerprint density at radius 1 is 1.00 bits per heavy atom. The lowest BCUT2D eigenvalue weighted by atomic mass is 10.2. The van der Waals surface area contributed by atoms with Gasteiger partial charge in [-0.25, -0.2) is 18.0 Å². The fraction of sp³-hybridized carbons (Fsp3) is 0. The Kier molecular flexibility index (Phi) is 3.47. The van der Waals surface area contributed by atoms with E-state index in [4.69, 9.17) is 5.11 Å². The second kappa shape index (κ2) is 5.08. The Morgan fingerprint density at radius 2 is 1.65 bits per heavy atom. The number of carboxylic acids is 1. The Hall–Kier alpha value is -2.77. The summed E-state index contributed by atoms with van der Waals surface area (Å²) in [7, 11) is 0. The molecule has 1 amide bonds. The molecule has 0 saturated heterocycles. The molecule has 1 heterocycles. The lowest BCUT2D eigenvalue weighted by Gasteiger charge is -2.05. The van der Waals surface area contributed by atoms with Crippen LogP contribution in [0.1, 0.15) is 21.1 Å². The predicted octanol–water partition coefficient (Wildman–Crippen LogP) is 2.65. The molecule has 5 nitrogen and oxygen atoms in total. The first-order valence-corrected chi connectivity index (χ1v) is 5.18. The molecule has 8 heteroatoms. The van der Waals surface area contributed by atoms with Crippen molar-refractivity contribution in [2.75, 3.05) is 5.32 Å². The molecule has 0 aliphatic carbocycles. The topological polar surface area (TPSA) is 79.5 Å². The quantitative estimate of drug-likeness (QED) is 0.850. The van der Waals surface area contributed by atoms with Crippen molar-refractivity contribution >= 4 is 17.6 Å². The van der Waals surface area contributed by atoms with Gasteiger partial charge in [0.25, 0.3) is 5.91 Å². The average Bonchev–Trinajstić information content (AvgIpc) is 2.89. The molecule has 2 aromatic rings. The molecule has 104 valence electrons. The van der Waals surface area contributed by atoms with Crippen LogP contribution in [0.15, 0.2) is 28.7 Å². The highest BCUT2D eigenvalue weighted by atomic mass is 19.2. The van der Waals surface area contributed by atoms with Crippen LogP contribution in [-0.4, -0.2) is 17.0 Å². The maximum Gasteiger partial charge on any atom is 0.371 e. The fourth-order valence-corrected chi connectivity index (χ4v) is 1.38. The lowest BCUT2D eigenvalue weighted by molar-refractivity contribution is 0.0660. The van der Waals surface area contributed by atoms with E-state index in [0.29, 0.717) is 6.07 Å². The van der Waals surface area contributed by atoms with E-state index in [2.05, 4.69) is 4.42 Å². The van der Waals surface area contributed by atoms with Crippen LogP contribution in [0.2, 0.25) is 0 Å². The summed E-state index contributed by atoms with van der Waals surface area (Å²) in [5.41, 5.74) is -0.595. The van der Waals surface area contributed by atoms with Crippen molar-refractivity contribution in [2.45, 2.75) is 0 Å². The molecule has 0 saturated carbocycles. The highest BCUT2D eigenvalue weighted by Gasteiger charge is 2.19. The van der Waals surface area contributed by atoms with Crippen LogP contribution in [0.5, 0.6) is 0 Å². The van der Waals surface area contributed by atoms with Crippen molar-refractivity contribution < 1.29 is 32.3 Å². The Balaban J connectivity index is 2.23. The molecule has 2 rings (SSSR count). The van der Waals surface area contributed by atoms with Gasteiger partial charge in [0, 0.05) is 0 Å². The number of carboxylic acid groups (broad SMARTS) is 1. The van der Waals surface area contributed by atoms with Gasteiger partial charge in [-0.05, 0) is 24.3 Å². The maximum atomic E-state index is 13.3. The molecule has 2 N–H and O–H groups in total. The molecule has 0 spiro atoms. The number of anilines is 1. The van der Waals surface area contributed by atoms with Crippen molar-refractivity contribution in [1.29, 1.82) is 0 Å². The lowest BCUT2D eigenvalue weighted by Crippen LogP contribution is -2.13. The monoisotopic (exact) mass is 285 g/mol. The zero-order chi connectivity index (χ0) is 14.9. The van der Waals surface area contributed by atoms with Crippen LogP contribution in [0.25, 0.3) is 0 Å². The normalized spacial score (nSPS) is 10.3. The van der Waals surface area contributed by atoms with Gasteiger partial charge >= 0.3 is 5.97 Å². The molecule has 0 unspecified atom stereocenters. The number of amides is 1. The van der Waals surface area contributed by atoms with E-state index in [1.54, 1.807) is 0 Å². The number of rotatable bonds is 3. The summed E-state index contributed by atoms with van der Waals surface area (Å²) in [6.45, 7) is 0. The smallest absolute Gasteiger partial charge is 0.371 e. The maximum absolute atomic E-state index is 13.3. The van der Waals surface area contributed by atoms with Crippen LogP contribution < -0.4 is 5.32 Å². The summed E-state index contributed by atoms with van der Waals surface area (Å²) in [5, 5.41) is 10.5. The summed E-state index contributed by atoms with van der Waals surface area (Å²) in [6, 6.07) is 3.54. The highest BCUT2D eigenvalue weighted by molar-refractivity contribution is 6.03. The number of carbonyl (C=O) groups is 2. The number of halogens is 3. The summed E-state index contributed by atoms with van der Waals surface area (Å²) in [4.78, 5) is 22.2. The molecular weight excluding hydrogens is 279 g/mol. The van der Waals surface area contributed by atoms with Gasteiger partial charge in [0.2, 0.25) is 5.76 Å². The molecular formula is C12H6F3NO4. The van der Waals surface area contributed by atoms with E-state index in [-0.39, 0.29) is 0 Å². The highest BCUT2D eigenvalue weighted by Crippen LogP contribution is 2.20. The molecule has 0 aliphatic heterocycles. The Bertz CT molecular complexity index is 696. The van der Waals surface area contributed by atoms with Gasteiger partial charge in [0.15, 0.2) is 23.2 Å². The van der Waals surface area contributed by atoms with Crippen LogP contribution >= 0.6 is 0 Å². The van der Waals surface area contributed by atoms with E-state index in [0.717, 1.165) is 18.2 Å². The van der Waals surface area contributed by atoms with E-state index in [9.17, 15) is 22.8 Å². The first kappa shape index (κ1) is 13.7. The minimum Gasteiger partial charge on any atom is -0.475 e. The van der Waals surface area contributed by atoms with Crippen molar-refractivity contribution in [3.8, 4) is 0 Å². The first-order chi connectivity index (χ1) is 9.40. The average molecular weight is 285 g/mol. The number of furan rings is 1. The molecule has 1 aromatic carbocycles. The first-order valence-electron chi connectivity index (χ1n) is 5.18. The molecule has 0 bridgehead atoms. The minimum atomic E-state index is -1.73. The van der Waals surface area contributed by atoms with E-state index in [1.165, 1.54) is 0 Å². The van der Waals surface area contributed by atoms with Gasteiger partial charge < -0.3 is 14.8 Å². The van der Waals surface area contributed by atoms with E-state index >= 15 is 0 Å². The Morgan fingerprint density at radius 3 is 2.25 bits per heavy atom. The van der Waals surface area contributed by atoms with Gasteiger partial charge in [-0.3, -0.25) is 4.79 Å². The van der Waals surface area contributed by atoms with Crippen molar-refractivity contribution in [2.24, 2.45) is 0 Å². The van der Waals surface area contributed by atoms with Gasteiger partial charge in [-0.2, -0.15) is 0 Å². The van der Waals surface area contributed by atoms with E-state index < -0.39 is 46.5 Å². The zero-order valence-corrected chi connectivity index (χ0v) is 9.62. The van der Waals surface area contributed by atoms with Crippen LogP contribution in [0.4, 0.5) is 18.9 Å². The molecule has 1 aromatic heterocycles. The number of hydrogen-bond donors (Lipinski definition) is 2. The summed E-state index contributed by atoms with van der Waals surface area (Å²) < 4.78 is 43.6. The summed E-state index contributed by atoms with van der Waals surface area (Å²) >= 11 is 0. The predicted molar refractivity (Wildman–Crippen MR) is 59.9 cm³/mol. The van der Waals surface area contributed by atoms with Crippen LogP contribution in [-0.2, 0) is 0 Å². The van der Waals surface area contributed by atoms with Crippen LogP contribution in [0.3, 0.4) is 0 Å². The van der Waals surface area contributed by atoms with Crippen LogP contribution in [0, 0.1) is 17.5 Å². The minimum absolute atomic E-state index is 0.411. The van der Waals surface area contributed by atoms with Crippen molar-refractivity contribution in [3.05, 3.63) is 53.2 Å². The summed E-state index contributed by atoms with van der Waals surface area (Å²) in [5.74, 6) is -7.97. The summed E-state index contributed by atoms with van der Waals surface area (Å²) in [6.07, 6.45) is 0. The number of nitrogens with one attached hydrogen (secondary N) is 1. The van der Waals surface area contributed by atoms with E-state index in [1.807, 2.05) is 5.32 Å². The van der Waals surface area contributed by atoms with Crippen molar-refractivity contribution in [1.82, 2.24) is 0 Å². The van der Waals surface area contributed by atoms with Gasteiger partial charge in [0.05, 0.1) is 5.69 Å². The molecule has 0 radical (unpaired) electrons. The SMILES string of the molecule is O=C(O)c1ccc(C(=O)Nc2ccc(F)c(F)c2F)o1. The van der Waals surface area contributed by atoms with Gasteiger partial charge in [0.1, 0.15) is 0 Å². The number of carbonyl (C=O) groups excluding carboxylic acids is 1. The number of hydrogen-bond acceptors (Lipinski definition) is 3. The fourth-order valence-electron chi connectivity index (χ4n) is 1.38. The number of aromatic carboxylic acids is 1. The third-order valence-corrected chi connectivity index (χ3v) is 2.32. The zero-order valence-electron chi connectivity index (χ0n) is 9.62. The third kappa shape index (κ3) is 2.48. The van der Waals surface area contributed by atoms with Gasteiger partial charge in [-0.15, -0.1) is 0 Å². The molecule has 0 fully saturated rings. The third-order valence-electron chi connectivity index (χ3n) is 2.32.